The molecule has 1 atom stereocenters. The second-order valence-electron chi connectivity index (χ2n) is 2.42. The maximum Gasteiger partial charge on any atom is 0.0585 e. The third-order valence-electron chi connectivity index (χ3n) is 1.66. The van der Waals surface area contributed by atoms with Crippen LogP contribution in [-0.2, 0) is 0 Å². The molecule has 0 aromatic heterocycles. The van der Waals surface area contributed by atoms with Gasteiger partial charge in [-0.2, -0.15) is 0 Å². The lowest BCUT2D eigenvalue weighted by molar-refractivity contribution is 1.41. The summed E-state index contributed by atoms with van der Waals surface area (Å²) in [6.07, 6.45) is 0. The van der Waals surface area contributed by atoms with Gasteiger partial charge in [-0.05, 0) is 12.5 Å². The highest BCUT2D eigenvalue weighted by Gasteiger charge is 1.97. The van der Waals surface area contributed by atoms with Crippen LogP contribution in [-0.4, -0.2) is 12.5 Å². The Kier molecular flexibility index (Phi) is 2.78. The van der Waals surface area contributed by atoms with Crippen LogP contribution >= 0.6 is 9.24 Å². The number of benzene rings is 1. The summed E-state index contributed by atoms with van der Waals surface area (Å²) in [6.45, 7) is 2.09. The Labute approximate surface area is 69.8 Å². The Morgan fingerprint density at radius 3 is 2.55 bits per heavy atom. The van der Waals surface area contributed by atoms with E-state index in [-0.39, 0.29) is 0 Å². The van der Waals surface area contributed by atoms with E-state index in [9.17, 15) is 0 Å². The first-order chi connectivity index (χ1) is 5.25. The minimum Gasteiger partial charge on any atom is -0.288 e. The van der Waals surface area contributed by atoms with Gasteiger partial charge in [-0.3, -0.25) is 4.99 Å². The average molecular weight is 165 g/mol. The van der Waals surface area contributed by atoms with Crippen LogP contribution in [0.5, 0.6) is 0 Å². The second-order valence-corrected chi connectivity index (χ2v) is 2.97. The third kappa shape index (κ3) is 1.87. The first-order valence-electron chi connectivity index (χ1n) is 3.54. The van der Waals surface area contributed by atoms with Gasteiger partial charge in [0.1, 0.15) is 0 Å². The van der Waals surface area contributed by atoms with Gasteiger partial charge in [0, 0.05) is 12.6 Å². The monoisotopic (exact) mass is 165 g/mol. The van der Waals surface area contributed by atoms with Crippen molar-refractivity contribution in [2.75, 3.05) is 7.05 Å². The maximum atomic E-state index is 4.10. The van der Waals surface area contributed by atoms with Crippen LogP contribution in [0.15, 0.2) is 29.3 Å². The van der Waals surface area contributed by atoms with E-state index >= 15 is 0 Å². The van der Waals surface area contributed by atoms with Crippen molar-refractivity contribution in [1.29, 1.82) is 0 Å². The fourth-order valence-corrected chi connectivity index (χ4v) is 1.30. The Morgan fingerprint density at radius 1 is 1.36 bits per heavy atom. The fraction of sp³-hybridized carbons (Fsp3) is 0.222. The highest BCUT2D eigenvalue weighted by atomic mass is 31.0. The summed E-state index contributed by atoms with van der Waals surface area (Å²) in [5.41, 5.74) is 3.49. The highest BCUT2D eigenvalue weighted by molar-refractivity contribution is 7.42. The van der Waals surface area contributed by atoms with Crippen LogP contribution in [0.2, 0.25) is 0 Å². The van der Waals surface area contributed by atoms with E-state index in [1.807, 2.05) is 12.1 Å². The quantitative estimate of drug-likeness (QED) is 0.447. The van der Waals surface area contributed by atoms with Gasteiger partial charge < -0.3 is 0 Å². The van der Waals surface area contributed by atoms with Gasteiger partial charge in [-0.25, -0.2) is 0 Å². The molecule has 1 rings (SSSR count). The van der Waals surface area contributed by atoms with Crippen molar-refractivity contribution in [2.45, 2.75) is 6.92 Å². The van der Waals surface area contributed by atoms with Crippen molar-refractivity contribution >= 4 is 14.7 Å². The molecule has 1 aromatic rings. The van der Waals surface area contributed by atoms with Crippen LogP contribution < -0.4 is 0 Å². The number of rotatable bonds is 1. The van der Waals surface area contributed by atoms with Gasteiger partial charge in [0.05, 0.1) is 5.45 Å². The maximum absolute atomic E-state index is 4.10. The van der Waals surface area contributed by atoms with E-state index in [1.54, 1.807) is 7.05 Å². The zero-order chi connectivity index (χ0) is 8.27. The largest absolute Gasteiger partial charge is 0.288 e. The zero-order valence-corrected chi connectivity index (χ0v) is 7.99. The molecule has 0 aliphatic rings. The Hall–Kier alpha value is -0.680. The minimum absolute atomic E-state index is 1.02. The van der Waals surface area contributed by atoms with Crippen LogP contribution in [0, 0.1) is 6.92 Å². The fourth-order valence-electron chi connectivity index (χ4n) is 0.981. The first-order valence-corrected chi connectivity index (χ1v) is 4.11. The van der Waals surface area contributed by atoms with Gasteiger partial charge in [0.25, 0.3) is 0 Å². The van der Waals surface area contributed by atoms with E-state index in [1.165, 1.54) is 11.1 Å². The number of hydrogen-bond donors (Lipinski definition) is 0. The van der Waals surface area contributed by atoms with Crippen molar-refractivity contribution in [3.8, 4) is 0 Å². The molecule has 0 bridgehead atoms. The molecule has 0 fully saturated rings. The smallest absolute Gasteiger partial charge is 0.0585 e. The van der Waals surface area contributed by atoms with Gasteiger partial charge in [-0.15, -0.1) is 0 Å². The number of nitrogens with zero attached hydrogens (tertiary/aromatic N) is 1. The van der Waals surface area contributed by atoms with Crippen molar-refractivity contribution in [2.24, 2.45) is 4.99 Å². The van der Waals surface area contributed by atoms with Gasteiger partial charge in [0.15, 0.2) is 0 Å². The van der Waals surface area contributed by atoms with E-state index in [4.69, 9.17) is 0 Å². The molecule has 2 heteroatoms. The molecule has 1 unspecified atom stereocenters. The highest BCUT2D eigenvalue weighted by Crippen LogP contribution is 2.11. The second kappa shape index (κ2) is 3.64. The van der Waals surface area contributed by atoms with Crippen molar-refractivity contribution in [3.05, 3.63) is 35.4 Å². The van der Waals surface area contributed by atoms with Gasteiger partial charge in [-0.1, -0.05) is 33.5 Å². The van der Waals surface area contributed by atoms with Crippen LogP contribution in [0.25, 0.3) is 0 Å². The summed E-state index contributed by atoms with van der Waals surface area (Å²) >= 11 is 0. The molecular weight excluding hydrogens is 153 g/mol. The molecule has 0 aliphatic carbocycles. The van der Waals surface area contributed by atoms with Crippen molar-refractivity contribution in [3.63, 3.8) is 0 Å². The predicted molar refractivity (Wildman–Crippen MR) is 53.4 cm³/mol. The first kappa shape index (κ1) is 8.42. The van der Waals surface area contributed by atoms with Crippen molar-refractivity contribution < 1.29 is 0 Å². The summed E-state index contributed by atoms with van der Waals surface area (Å²) in [6, 6.07) is 8.22. The molecule has 0 aliphatic heterocycles. The van der Waals surface area contributed by atoms with E-state index in [2.05, 4.69) is 33.3 Å². The molecular formula is C9H12NP. The van der Waals surface area contributed by atoms with E-state index in [0.717, 1.165) is 5.45 Å². The Morgan fingerprint density at radius 2 is 2.00 bits per heavy atom. The van der Waals surface area contributed by atoms with E-state index < -0.39 is 0 Å². The topological polar surface area (TPSA) is 12.4 Å². The van der Waals surface area contributed by atoms with Crippen molar-refractivity contribution in [1.82, 2.24) is 0 Å². The standard InChI is InChI=1S/C9H12NP/c1-7-5-3-4-6-8(7)9(11)10-2/h3-6H,11H2,1-2H3. The lowest BCUT2D eigenvalue weighted by Crippen LogP contribution is -1.92. The average Bonchev–Trinajstić information content (AvgIpc) is 2.04. The normalized spacial score (nSPS) is 11.7. The van der Waals surface area contributed by atoms with Crippen LogP contribution in [0.3, 0.4) is 0 Å². The molecule has 0 saturated heterocycles. The molecule has 1 nitrogen and oxygen atoms in total. The van der Waals surface area contributed by atoms with Gasteiger partial charge >= 0.3 is 0 Å². The summed E-state index contributed by atoms with van der Waals surface area (Å²) in [4.78, 5) is 4.10. The molecule has 0 heterocycles. The summed E-state index contributed by atoms with van der Waals surface area (Å²) in [5, 5.41) is 0. The SMILES string of the molecule is CN=C(P)c1ccccc1C. The molecule has 0 N–H and O–H groups in total. The third-order valence-corrected chi connectivity index (χ3v) is 2.23. The summed E-state index contributed by atoms with van der Waals surface area (Å²) in [7, 11) is 4.43. The summed E-state index contributed by atoms with van der Waals surface area (Å²) in [5.74, 6) is 0. The molecule has 1 aromatic carbocycles. The molecule has 11 heavy (non-hydrogen) atoms. The number of aryl methyl sites for hydroxylation is 1. The predicted octanol–water partition coefficient (Wildman–Crippen LogP) is 2.25. The molecule has 0 radical (unpaired) electrons. The molecule has 0 spiro atoms. The number of hydrogen-bond acceptors (Lipinski definition) is 1. The van der Waals surface area contributed by atoms with Gasteiger partial charge in [0.2, 0.25) is 0 Å². The molecule has 58 valence electrons. The molecule has 0 amide bonds. The Balaban J connectivity index is 3.14. The Bertz CT molecular complexity index is 279. The lowest BCUT2D eigenvalue weighted by atomic mass is 10.1. The van der Waals surface area contributed by atoms with Crippen LogP contribution in [0.4, 0.5) is 0 Å². The van der Waals surface area contributed by atoms with E-state index in [0.29, 0.717) is 0 Å². The summed E-state index contributed by atoms with van der Waals surface area (Å²) < 4.78 is 0. The minimum atomic E-state index is 1.02. The molecule has 0 saturated carbocycles. The van der Waals surface area contributed by atoms with Crippen LogP contribution in [0.1, 0.15) is 11.1 Å². The lowest BCUT2D eigenvalue weighted by Gasteiger charge is -2.02. The zero-order valence-electron chi connectivity index (χ0n) is 6.83. The number of aliphatic imine (C=N–C) groups is 1.